The van der Waals surface area contributed by atoms with Crippen LogP contribution in [0.15, 0.2) is 17.3 Å². The summed E-state index contributed by atoms with van der Waals surface area (Å²) in [5.41, 5.74) is 4.41. The fourth-order valence-corrected chi connectivity index (χ4v) is 4.17. The van der Waals surface area contributed by atoms with E-state index in [0.29, 0.717) is 12.5 Å². The Morgan fingerprint density at radius 3 is 2.52 bits per heavy atom. The number of carbonyl (C=O) groups excluding carboxylic acids is 1. The number of rotatable bonds is 7. The number of aromatic nitrogens is 3. The third kappa shape index (κ3) is 4.42. The van der Waals surface area contributed by atoms with Crippen molar-refractivity contribution in [3.8, 4) is 0 Å². The van der Waals surface area contributed by atoms with Gasteiger partial charge in [0.1, 0.15) is 5.82 Å². The van der Waals surface area contributed by atoms with Gasteiger partial charge in [0.15, 0.2) is 5.16 Å². The van der Waals surface area contributed by atoms with E-state index in [1.165, 1.54) is 18.4 Å². The lowest BCUT2D eigenvalue weighted by Crippen LogP contribution is -2.13. The number of nitrogens with zero attached hydrogens (tertiary/aromatic N) is 3. The second-order valence-electron chi connectivity index (χ2n) is 6.90. The first-order valence-electron chi connectivity index (χ1n) is 8.87. The fourth-order valence-electron chi connectivity index (χ4n) is 3.18. The average Bonchev–Trinajstić information content (AvgIpc) is 3.31. The number of anilines is 1. The Balaban J connectivity index is 1.47. The molecule has 0 atom stereocenters. The highest BCUT2D eigenvalue weighted by Crippen LogP contribution is 2.38. The maximum Gasteiger partial charge on any atom is 0.224 e. The predicted molar refractivity (Wildman–Crippen MR) is 102 cm³/mol. The number of amides is 1. The van der Waals surface area contributed by atoms with Crippen molar-refractivity contribution in [2.24, 2.45) is 0 Å². The highest BCUT2D eigenvalue weighted by molar-refractivity contribution is 7.99. The molecule has 25 heavy (non-hydrogen) atoms. The van der Waals surface area contributed by atoms with Crippen LogP contribution in [0.2, 0.25) is 0 Å². The second-order valence-corrected chi connectivity index (χ2v) is 7.97. The van der Waals surface area contributed by atoms with Gasteiger partial charge in [0.05, 0.1) is 0 Å². The summed E-state index contributed by atoms with van der Waals surface area (Å²) >= 11 is 1.70. The first kappa shape index (κ1) is 18.0. The van der Waals surface area contributed by atoms with Crippen LogP contribution in [0.4, 0.5) is 5.69 Å². The van der Waals surface area contributed by atoms with E-state index >= 15 is 0 Å². The lowest BCUT2D eigenvalue weighted by molar-refractivity contribution is -0.116. The molecule has 134 valence electrons. The molecule has 0 bridgehead atoms. The summed E-state index contributed by atoms with van der Waals surface area (Å²) in [6.07, 6.45) is 3.81. The Morgan fingerprint density at radius 2 is 1.88 bits per heavy atom. The number of aryl methyl sites for hydroxylation is 4. The lowest BCUT2D eigenvalue weighted by atomic mass is 10.0. The van der Waals surface area contributed by atoms with Gasteiger partial charge in [-0.15, -0.1) is 10.2 Å². The number of hydrogen-bond donors (Lipinski definition) is 1. The third-order valence-corrected chi connectivity index (χ3v) is 5.50. The summed E-state index contributed by atoms with van der Waals surface area (Å²) in [5, 5.41) is 12.5. The Hall–Kier alpha value is -1.82. The number of hydrogen-bond acceptors (Lipinski definition) is 4. The van der Waals surface area contributed by atoms with Gasteiger partial charge in [-0.05, 0) is 58.1 Å². The third-order valence-electron chi connectivity index (χ3n) is 4.47. The van der Waals surface area contributed by atoms with Crippen LogP contribution in [0, 0.1) is 27.7 Å². The van der Waals surface area contributed by atoms with Crippen LogP contribution in [0.1, 0.15) is 54.2 Å². The molecule has 0 aliphatic heterocycles. The molecule has 0 unspecified atom stereocenters. The maximum absolute atomic E-state index is 12.2. The zero-order valence-electron chi connectivity index (χ0n) is 15.4. The molecule has 1 aromatic carbocycles. The summed E-state index contributed by atoms with van der Waals surface area (Å²) in [6.45, 7) is 8.16. The zero-order valence-corrected chi connectivity index (χ0v) is 16.2. The van der Waals surface area contributed by atoms with Crippen LogP contribution in [0.25, 0.3) is 0 Å². The Kier molecular flexibility index (Phi) is 5.47. The normalized spacial score (nSPS) is 13.9. The summed E-state index contributed by atoms with van der Waals surface area (Å²) in [7, 11) is 0. The Morgan fingerprint density at radius 1 is 1.20 bits per heavy atom. The first-order chi connectivity index (χ1) is 12.0. The van der Waals surface area contributed by atoms with Gasteiger partial charge in [-0.3, -0.25) is 4.79 Å². The summed E-state index contributed by atoms with van der Waals surface area (Å²) in [5.74, 6) is 1.95. The van der Waals surface area contributed by atoms with Gasteiger partial charge >= 0.3 is 0 Å². The standard InChI is InChI=1S/C19H26N4OS/c1-12-10-13(2)18(14(3)11-12)20-17(24)6-5-9-25-19-22-21-15(4)23(19)16-7-8-16/h10-11,16H,5-9H2,1-4H3,(H,20,24). The molecule has 1 saturated carbocycles. The van der Waals surface area contributed by atoms with Crippen LogP contribution in [0.3, 0.4) is 0 Å². The molecular weight excluding hydrogens is 332 g/mol. The minimum atomic E-state index is 0.0792. The van der Waals surface area contributed by atoms with Gasteiger partial charge in [0, 0.05) is 23.9 Å². The molecule has 3 rings (SSSR count). The molecule has 2 aromatic rings. The maximum atomic E-state index is 12.2. The second kappa shape index (κ2) is 7.60. The van der Waals surface area contributed by atoms with Crippen LogP contribution in [0.5, 0.6) is 0 Å². The molecule has 1 aliphatic carbocycles. The van der Waals surface area contributed by atoms with Gasteiger partial charge in [-0.25, -0.2) is 0 Å². The van der Waals surface area contributed by atoms with Crippen molar-refractivity contribution < 1.29 is 4.79 Å². The van der Waals surface area contributed by atoms with E-state index in [4.69, 9.17) is 0 Å². The van der Waals surface area contributed by atoms with E-state index in [2.05, 4.69) is 39.1 Å². The molecular formula is C19H26N4OS. The molecule has 1 aliphatic rings. The first-order valence-corrected chi connectivity index (χ1v) is 9.86. The van der Waals surface area contributed by atoms with Gasteiger partial charge in [0.25, 0.3) is 0 Å². The van der Waals surface area contributed by atoms with Gasteiger partial charge in [-0.2, -0.15) is 0 Å². The molecule has 0 saturated heterocycles. The lowest BCUT2D eigenvalue weighted by Gasteiger charge is -2.12. The molecule has 5 nitrogen and oxygen atoms in total. The van der Waals surface area contributed by atoms with E-state index in [1.807, 2.05) is 20.8 Å². The molecule has 1 fully saturated rings. The SMILES string of the molecule is Cc1cc(C)c(NC(=O)CCCSc2nnc(C)n2C2CC2)c(C)c1. The quantitative estimate of drug-likeness (QED) is 0.590. The zero-order chi connectivity index (χ0) is 18.0. The van der Waals surface area contributed by atoms with Gasteiger partial charge in [-0.1, -0.05) is 29.5 Å². The molecule has 1 aromatic heterocycles. The number of benzene rings is 1. The minimum absolute atomic E-state index is 0.0792. The highest BCUT2D eigenvalue weighted by Gasteiger charge is 2.28. The van der Waals surface area contributed by atoms with Crippen LogP contribution < -0.4 is 5.32 Å². The monoisotopic (exact) mass is 358 g/mol. The van der Waals surface area contributed by atoms with Crippen LogP contribution in [-0.4, -0.2) is 26.4 Å². The molecule has 0 radical (unpaired) electrons. The molecule has 0 spiro atoms. The molecule has 1 amide bonds. The Labute approximate surface area is 153 Å². The fraction of sp³-hybridized carbons (Fsp3) is 0.526. The highest BCUT2D eigenvalue weighted by atomic mass is 32.2. The van der Waals surface area contributed by atoms with Crippen molar-refractivity contribution in [1.29, 1.82) is 0 Å². The van der Waals surface area contributed by atoms with E-state index in [1.54, 1.807) is 11.8 Å². The van der Waals surface area contributed by atoms with E-state index in [-0.39, 0.29) is 5.91 Å². The number of thioether (sulfide) groups is 1. The van der Waals surface area contributed by atoms with Crippen molar-refractivity contribution in [2.75, 3.05) is 11.1 Å². The van der Waals surface area contributed by atoms with Crippen molar-refractivity contribution in [3.63, 3.8) is 0 Å². The van der Waals surface area contributed by atoms with Crippen LogP contribution >= 0.6 is 11.8 Å². The molecule has 1 heterocycles. The van der Waals surface area contributed by atoms with E-state index in [0.717, 1.165) is 40.0 Å². The molecule has 6 heteroatoms. The van der Waals surface area contributed by atoms with Crippen LogP contribution in [-0.2, 0) is 4.79 Å². The summed E-state index contributed by atoms with van der Waals surface area (Å²) in [4.78, 5) is 12.2. The molecule has 1 N–H and O–H groups in total. The average molecular weight is 359 g/mol. The number of nitrogens with one attached hydrogen (secondary N) is 1. The van der Waals surface area contributed by atoms with Gasteiger partial charge < -0.3 is 9.88 Å². The van der Waals surface area contributed by atoms with E-state index in [9.17, 15) is 4.79 Å². The largest absolute Gasteiger partial charge is 0.326 e. The van der Waals surface area contributed by atoms with E-state index < -0.39 is 0 Å². The topological polar surface area (TPSA) is 59.8 Å². The van der Waals surface area contributed by atoms with Gasteiger partial charge in [0.2, 0.25) is 5.91 Å². The van der Waals surface area contributed by atoms with Crippen molar-refractivity contribution >= 4 is 23.4 Å². The minimum Gasteiger partial charge on any atom is -0.326 e. The van der Waals surface area contributed by atoms with Crippen molar-refractivity contribution in [3.05, 3.63) is 34.6 Å². The number of carbonyl (C=O) groups is 1. The summed E-state index contributed by atoms with van der Waals surface area (Å²) < 4.78 is 2.24. The Bertz CT molecular complexity index is 757. The van der Waals surface area contributed by atoms with Crippen molar-refractivity contribution in [1.82, 2.24) is 14.8 Å². The predicted octanol–water partition coefficient (Wildman–Crippen LogP) is 4.36. The summed E-state index contributed by atoms with van der Waals surface area (Å²) in [6, 6.07) is 4.80. The van der Waals surface area contributed by atoms with Crippen molar-refractivity contribution in [2.45, 2.75) is 64.6 Å². The smallest absolute Gasteiger partial charge is 0.224 e.